The monoisotopic (exact) mass is 238 g/mol. The number of benzene rings is 1. The molecule has 0 spiro atoms. The molecule has 0 heterocycles. The predicted molar refractivity (Wildman–Crippen MR) is 57.4 cm³/mol. The van der Waals surface area contributed by atoms with Gasteiger partial charge in [-0.25, -0.2) is 0 Å². The lowest BCUT2D eigenvalue weighted by Gasteiger charge is -2.03. The largest absolute Gasteiger partial charge is 0.392 e. The zero-order valence-corrected chi connectivity index (χ0v) is 8.79. The van der Waals surface area contributed by atoms with Gasteiger partial charge in [0, 0.05) is 4.47 Å². The number of hydrogen-bond donors (Lipinski definition) is 1. The van der Waals surface area contributed by atoms with Crippen molar-refractivity contribution in [3.05, 3.63) is 40.4 Å². The average molecular weight is 239 g/mol. The molecule has 1 aliphatic carbocycles. The average Bonchev–Trinajstić information content (AvgIpc) is 2.53. The molecule has 2 heteroatoms. The Bertz CT molecular complexity index is 326. The lowest BCUT2D eigenvalue weighted by Crippen LogP contribution is -1.98. The molecule has 0 aliphatic heterocycles. The van der Waals surface area contributed by atoms with Crippen molar-refractivity contribution in [1.82, 2.24) is 0 Å². The molecule has 68 valence electrons. The minimum Gasteiger partial charge on any atom is -0.392 e. The standard InChI is InChI=1S/C11H11BrO/c12-10-4-1-8(2-5-10)9-3-6-11(13)7-9/h1-5,11,13H,6-7H2. The quantitative estimate of drug-likeness (QED) is 0.798. The van der Waals surface area contributed by atoms with Crippen molar-refractivity contribution in [3.8, 4) is 0 Å². The van der Waals surface area contributed by atoms with E-state index in [1.807, 2.05) is 12.1 Å². The molecule has 1 aromatic carbocycles. The van der Waals surface area contributed by atoms with E-state index in [1.165, 1.54) is 11.1 Å². The molecular weight excluding hydrogens is 228 g/mol. The van der Waals surface area contributed by atoms with E-state index in [1.54, 1.807) is 0 Å². The Morgan fingerprint density at radius 2 is 1.92 bits per heavy atom. The van der Waals surface area contributed by atoms with Crippen LogP contribution in [0.5, 0.6) is 0 Å². The van der Waals surface area contributed by atoms with Gasteiger partial charge in [0.25, 0.3) is 0 Å². The first-order valence-electron chi connectivity index (χ1n) is 4.39. The first-order valence-corrected chi connectivity index (χ1v) is 5.18. The Morgan fingerprint density at radius 1 is 1.23 bits per heavy atom. The summed E-state index contributed by atoms with van der Waals surface area (Å²) in [7, 11) is 0. The summed E-state index contributed by atoms with van der Waals surface area (Å²) in [5.41, 5.74) is 2.49. The van der Waals surface area contributed by atoms with Crippen LogP contribution in [0.15, 0.2) is 34.8 Å². The zero-order chi connectivity index (χ0) is 9.26. The van der Waals surface area contributed by atoms with E-state index in [2.05, 4.69) is 34.1 Å². The molecule has 0 bridgehead atoms. The van der Waals surface area contributed by atoms with Crippen molar-refractivity contribution >= 4 is 21.5 Å². The van der Waals surface area contributed by atoms with Gasteiger partial charge in [-0.1, -0.05) is 34.1 Å². The lowest BCUT2D eigenvalue weighted by molar-refractivity contribution is 0.191. The first kappa shape index (κ1) is 8.97. The van der Waals surface area contributed by atoms with Crippen LogP contribution in [0.25, 0.3) is 5.57 Å². The molecular formula is C11H11BrO. The van der Waals surface area contributed by atoms with Crippen LogP contribution in [0.4, 0.5) is 0 Å². The van der Waals surface area contributed by atoms with Crippen LogP contribution >= 0.6 is 15.9 Å². The van der Waals surface area contributed by atoms with Crippen LogP contribution in [0.2, 0.25) is 0 Å². The number of aliphatic hydroxyl groups excluding tert-OH is 1. The van der Waals surface area contributed by atoms with Gasteiger partial charge >= 0.3 is 0 Å². The minimum absolute atomic E-state index is 0.168. The normalized spacial score (nSPS) is 21.7. The van der Waals surface area contributed by atoms with Crippen LogP contribution in [0.3, 0.4) is 0 Å². The molecule has 0 saturated carbocycles. The molecule has 0 aromatic heterocycles. The van der Waals surface area contributed by atoms with Crippen molar-refractivity contribution in [3.63, 3.8) is 0 Å². The number of hydrogen-bond acceptors (Lipinski definition) is 1. The highest BCUT2D eigenvalue weighted by Crippen LogP contribution is 2.28. The number of rotatable bonds is 1. The van der Waals surface area contributed by atoms with E-state index in [4.69, 9.17) is 0 Å². The summed E-state index contributed by atoms with van der Waals surface area (Å²) < 4.78 is 1.09. The van der Waals surface area contributed by atoms with Crippen LogP contribution < -0.4 is 0 Å². The van der Waals surface area contributed by atoms with Crippen LogP contribution in [0, 0.1) is 0 Å². The topological polar surface area (TPSA) is 20.2 Å². The SMILES string of the molecule is OC1CC=C(c2ccc(Br)cc2)C1. The lowest BCUT2D eigenvalue weighted by atomic mass is 10.1. The van der Waals surface area contributed by atoms with Crippen molar-refractivity contribution in [2.45, 2.75) is 18.9 Å². The Balaban J connectivity index is 2.22. The maximum Gasteiger partial charge on any atom is 0.0615 e. The summed E-state index contributed by atoms with van der Waals surface area (Å²) in [5, 5.41) is 9.35. The van der Waals surface area contributed by atoms with Gasteiger partial charge in [-0.15, -0.1) is 0 Å². The fourth-order valence-electron chi connectivity index (χ4n) is 1.60. The molecule has 1 nitrogen and oxygen atoms in total. The summed E-state index contributed by atoms with van der Waals surface area (Å²) in [6.07, 6.45) is 3.54. The second-order valence-corrected chi connectivity index (χ2v) is 4.25. The molecule has 0 amide bonds. The van der Waals surface area contributed by atoms with Crippen LogP contribution in [0.1, 0.15) is 18.4 Å². The Labute approximate surface area is 86.2 Å². The molecule has 1 atom stereocenters. The highest BCUT2D eigenvalue weighted by atomic mass is 79.9. The number of aliphatic hydroxyl groups is 1. The smallest absolute Gasteiger partial charge is 0.0615 e. The third-order valence-electron chi connectivity index (χ3n) is 2.31. The van der Waals surface area contributed by atoms with Gasteiger partial charge < -0.3 is 5.11 Å². The van der Waals surface area contributed by atoms with E-state index in [9.17, 15) is 5.11 Å². The van der Waals surface area contributed by atoms with E-state index < -0.39 is 0 Å². The molecule has 1 unspecified atom stereocenters. The molecule has 1 aromatic rings. The molecule has 13 heavy (non-hydrogen) atoms. The third-order valence-corrected chi connectivity index (χ3v) is 2.84. The Kier molecular flexibility index (Phi) is 2.51. The molecule has 0 radical (unpaired) electrons. The third kappa shape index (κ3) is 2.01. The van der Waals surface area contributed by atoms with Gasteiger partial charge in [-0.3, -0.25) is 0 Å². The molecule has 0 fully saturated rings. The molecule has 2 rings (SSSR count). The number of halogens is 1. The van der Waals surface area contributed by atoms with E-state index in [0.29, 0.717) is 0 Å². The molecule has 1 aliphatic rings. The summed E-state index contributed by atoms with van der Waals surface area (Å²) in [6, 6.07) is 8.21. The van der Waals surface area contributed by atoms with E-state index in [0.717, 1.165) is 17.3 Å². The van der Waals surface area contributed by atoms with Crippen LogP contribution in [-0.2, 0) is 0 Å². The summed E-state index contributed by atoms with van der Waals surface area (Å²) in [5.74, 6) is 0. The van der Waals surface area contributed by atoms with E-state index >= 15 is 0 Å². The van der Waals surface area contributed by atoms with Gasteiger partial charge in [0.05, 0.1) is 6.10 Å². The Hall–Kier alpha value is -0.600. The van der Waals surface area contributed by atoms with Crippen molar-refractivity contribution in [2.24, 2.45) is 0 Å². The van der Waals surface area contributed by atoms with Crippen molar-refractivity contribution in [2.75, 3.05) is 0 Å². The van der Waals surface area contributed by atoms with Gasteiger partial charge in [-0.05, 0) is 36.1 Å². The Morgan fingerprint density at radius 3 is 2.46 bits per heavy atom. The van der Waals surface area contributed by atoms with Crippen molar-refractivity contribution < 1.29 is 5.11 Å². The second kappa shape index (κ2) is 3.64. The van der Waals surface area contributed by atoms with Crippen molar-refractivity contribution in [1.29, 1.82) is 0 Å². The highest BCUT2D eigenvalue weighted by molar-refractivity contribution is 9.10. The summed E-state index contributed by atoms with van der Waals surface area (Å²) >= 11 is 3.40. The minimum atomic E-state index is -0.168. The molecule has 0 saturated heterocycles. The maximum absolute atomic E-state index is 9.35. The highest BCUT2D eigenvalue weighted by Gasteiger charge is 2.14. The van der Waals surface area contributed by atoms with Gasteiger partial charge in [-0.2, -0.15) is 0 Å². The fourth-order valence-corrected chi connectivity index (χ4v) is 1.86. The zero-order valence-electron chi connectivity index (χ0n) is 7.20. The molecule has 1 N–H and O–H groups in total. The van der Waals surface area contributed by atoms with Gasteiger partial charge in [0.15, 0.2) is 0 Å². The van der Waals surface area contributed by atoms with Gasteiger partial charge in [0.2, 0.25) is 0 Å². The maximum atomic E-state index is 9.35. The predicted octanol–water partition coefficient (Wildman–Crippen LogP) is 2.99. The van der Waals surface area contributed by atoms with E-state index in [-0.39, 0.29) is 6.10 Å². The fraction of sp³-hybridized carbons (Fsp3) is 0.273. The van der Waals surface area contributed by atoms with Gasteiger partial charge in [0.1, 0.15) is 0 Å². The summed E-state index contributed by atoms with van der Waals surface area (Å²) in [6.45, 7) is 0. The van der Waals surface area contributed by atoms with Crippen LogP contribution in [-0.4, -0.2) is 11.2 Å². The second-order valence-electron chi connectivity index (χ2n) is 3.33. The first-order chi connectivity index (χ1) is 6.25. The summed E-state index contributed by atoms with van der Waals surface area (Å²) in [4.78, 5) is 0.